The number of nitrogens with zero attached hydrogens (tertiary/aromatic N) is 1. The molecule has 0 aliphatic carbocycles. The Kier molecular flexibility index (Phi) is 4.60. The van der Waals surface area contributed by atoms with Crippen molar-refractivity contribution in [3.63, 3.8) is 0 Å². The van der Waals surface area contributed by atoms with Gasteiger partial charge in [0, 0.05) is 24.3 Å². The van der Waals surface area contributed by atoms with Crippen LogP contribution in [0.25, 0.3) is 0 Å². The molecule has 2 unspecified atom stereocenters. The summed E-state index contributed by atoms with van der Waals surface area (Å²) in [6.07, 6.45) is 1.20. The second-order valence-electron chi connectivity index (χ2n) is 3.78. The molecule has 6 nitrogen and oxygen atoms in total. The molecule has 1 aliphatic heterocycles. The van der Waals surface area contributed by atoms with Crippen LogP contribution in [0.5, 0.6) is 0 Å². The van der Waals surface area contributed by atoms with E-state index in [1.165, 1.54) is 6.26 Å². The van der Waals surface area contributed by atoms with E-state index in [-0.39, 0.29) is 5.91 Å². The lowest BCUT2D eigenvalue weighted by atomic mass is 10.2. The van der Waals surface area contributed by atoms with Crippen LogP contribution in [-0.2, 0) is 14.6 Å². The van der Waals surface area contributed by atoms with Gasteiger partial charge in [0.1, 0.15) is 5.37 Å². The minimum atomic E-state index is -3.18. The van der Waals surface area contributed by atoms with E-state index in [4.69, 9.17) is 5.84 Å². The second-order valence-corrected chi connectivity index (χ2v) is 7.13. The van der Waals surface area contributed by atoms with Gasteiger partial charge in [0.05, 0.1) is 6.04 Å². The van der Waals surface area contributed by atoms with E-state index in [1.807, 2.05) is 0 Å². The smallest absolute Gasteiger partial charge is 0.250 e. The fourth-order valence-corrected chi connectivity index (χ4v) is 4.63. The highest BCUT2D eigenvalue weighted by atomic mass is 32.2. The SMILES string of the molecule is CC(C(=O)NN)N1CCSCC1S(C)(=O)=O. The van der Waals surface area contributed by atoms with Gasteiger partial charge < -0.3 is 0 Å². The largest absolute Gasteiger partial charge is 0.293 e. The van der Waals surface area contributed by atoms with Gasteiger partial charge in [-0.15, -0.1) is 0 Å². The lowest BCUT2D eigenvalue weighted by Gasteiger charge is -2.37. The molecule has 0 spiro atoms. The third-order valence-electron chi connectivity index (χ3n) is 2.64. The average Bonchev–Trinajstić information content (AvgIpc) is 2.26. The number of sulfone groups is 1. The number of thioether (sulfide) groups is 1. The van der Waals surface area contributed by atoms with Gasteiger partial charge in [-0.05, 0) is 6.92 Å². The maximum Gasteiger partial charge on any atom is 0.250 e. The van der Waals surface area contributed by atoms with E-state index >= 15 is 0 Å². The van der Waals surface area contributed by atoms with Crippen molar-refractivity contribution in [1.82, 2.24) is 10.3 Å². The quantitative estimate of drug-likeness (QED) is 0.378. The first-order valence-corrected chi connectivity index (χ1v) is 8.01. The zero-order valence-electron chi connectivity index (χ0n) is 9.34. The molecule has 0 radical (unpaired) electrons. The van der Waals surface area contributed by atoms with E-state index in [0.29, 0.717) is 12.3 Å². The molecule has 8 heteroatoms. The number of amides is 1. The van der Waals surface area contributed by atoms with Crippen molar-refractivity contribution in [3.8, 4) is 0 Å². The van der Waals surface area contributed by atoms with Crippen molar-refractivity contribution in [1.29, 1.82) is 0 Å². The number of carbonyl (C=O) groups excluding carboxylic acids is 1. The van der Waals surface area contributed by atoms with E-state index in [1.54, 1.807) is 23.6 Å². The van der Waals surface area contributed by atoms with Crippen LogP contribution < -0.4 is 11.3 Å². The molecule has 0 aromatic rings. The molecule has 1 aliphatic rings. The molecule has 16 heavy (non-hydrogen) atoms. The van der Waals surface area contributed by atoms with Gasteiger partial charge in [-0.25, -0.2) is 14.3 Å². The highest BCUT2D eigenvalue weighted by Crippen LogP contribution is 2.22. The zero-order valence-corrected chi connectivity index (χ0v) is 11.0. The van der Waals surface area contributed by atoms with Gasteiger partial charge in [-0.3, -0.25) is 15.1 Å². The Labute approximate surface area is 99.8 Å². The van der Waals surface area contributed by atoms with Gasteiger partial charge in [0.25, 0.3) is 5.91 Å². The zero-order chi connectivity index (χ0) is 12.3. The predicted molar refractivity (Wildman–Crippen MR) is 64.5 cm³/mol. The fraction of sp³-hybridized carbons (Fsp3) is 0.875. The molecule has 1 heterocycles. The van der Waals surface area contributed by atoms with Gasteiger partial charge in [-0.1, -0.05) is 0 Å². The number of hydrazine groups is 1. The molecule has 0 aromatic carbocycles. The summed E-state index contributed by atoms with van der Waals surface area (Å²) in [5.74, 6) is 6.02. The summed E-state index contributed by atoms with van der Waals surface area (Å²) in [6.45, 7) is 2.24. The van der Waals surface area contributed by atoms with Crippen molar-refractivity contribution in [3.05, 3.63) is 0 Å². The molecule has 1 amide bonds. The van der Waals surface area contributed by atoms with Gasteiger partial charge in [0.15, 0.2) is 9.84 Å². The van der Waals surface area contributed by atoms with Crippen LogP contribution in [-0.4, -0.2) is 54.9 Å². The Morgan fingerprint density at radius 3 is 2.75 bits per heavy atom. The van der Waals surface area contributed by atoms with Crippen molar-refractivity contribution < 1.29 is 13.2 Å². The monoisotopic (exact) mass is 267 g/mol. The molecule has 94 valence electrons. The molecule has 0 bridgehead atoms. The normalized spacial score (nSPS) is 25.1. The maximum atomic E-state index is 11.6. The third kappa shape index (κ3) is 3.09. The number of carbonyl (C=O) groups is 1. The highest BCUT2D eigenvalue weighted by Gasteiger charge is 2.36. The first-order chi connectivity index (χ1) is 7.38. The molecule has 3 N–H and O–H groups in total. The van der Waals surface area contributed by atoms with Crippen molar-refractivity contribution in [2.24, 2.45) is 5.84 Å². The summed E-state index contributed by atoms with van der Waals surface area (Å²) >= 11 is 1.59. The number of nitrogens with one attached hydrogen (secondary N) is 1. The van der Waals surface area contributed by atoms with Crippen LogP contribution >= 0.6 is 11.8 Å². The fourth-order valence-electron chi connectivity index (χ4n) is 1.68. The Hall–Kier alpha value is -0.310. The van der Waals surface area contributed by atoms with Crippen LogP contribution in [0, 0.1) is 0 Å². The van der Waals surface area contributed by atoms with Crippen molar-refractivity contribution in [2.45, 2.75) is 18.3 Å². The first-order valence-electron chi connectivity index (χ1n) is 4.90. The van der Waals surface area contributed by atoms with Gasteiger partial charge in [0.2, 0.25) is 0 Å². The molecular weight excluding hydrogens is 250 g/mol. The summed E-state index contributed by atoms with van der Waals surface area (Å²) in [4.78, 5) is 13.1. The summed E-state index contributed by atoms with van der Waals surface area (Å²) in [7, 11) is -3.18. The van der Waals surface area contributed by atoms with Crippen LogP contribution in [0.1, 0.15) is 6.92 Å². The molecule has 1 rings (SSSR count). The lowest BCUT2D eigenvalue weighted by Crippen LogP contribution is -2.56. The van der Waals surface area contributed by atoms with Crippen LogP contribution in [0.4, 0.5) is 0 Å². The second kappa shape index (κ2) is 5.35. The van der Waals surface area contributed by atoms with E-state index in [2.05, 4.69) is 5.43 Å². The minimum Gasteiger partial charge on any atom is -0.293 e. The number of rotatable bonds is 3. The molecule has 1 saturated heterocycles. The Balaban J connectivity index is 2.86. The van der Waals surface area contributed by atoms with Crippen LogP contribution in [0.15, 0.2) is 0 Å². The molecular formula is C8H17N3O3S2. The summed E-state index contributed by atoms with van der Waals surface area (Å²) in [5, 5.41) is -0.599. The molecule has 1 fully saturated rings. The van der Waals surface area contributed by atoms with E-state index in [0.717, 1.165) is 5.75 Å². The summed E-state index contributed by atoms with van der Waals surface area (Å²) < 4.78 is 23.2. The number of nitrogens with two attached hydrogens (primary N) is 1. The van der Waals surface area contributed by atoms with E-state index < -0.39 is 21.3 Å². The lowest BCUT2D eigenvalue weighted by molar-refractivity contribution is -0.126. The molecule has 0 saturated carbocycles. The van der Waals surface area contributed by atoms with E-state index in [9.17, 15) is 13.2 Å². The van der Waals surface area contributed by atoms with Crippen molar-refractivity contribution >= 4 is 27.5 Å². The van der Waals surface area contributed by atoms with Gasteiger partial charge >= 0.3 is 0 Å². The average molecular weight is 267 g/mol. The van der Waals surface area contributed by atoms with Crippen LogP contribution in [0.3, 0.4) is 0 Å². The highest BCUT2D eigenvalue weighted by molar-refractivity contribution is 8.00. The van der Waals surface area contributed by atoms with Crippen molar-refractivity contribution in [2.75, 3.05) is 24.3 Å². The first kappa shape index (κ1) is 13.8. The van der Waals surface area contributed by atoms with Crippen LogP contribution in [0.2, 0.25) is 0 Å². The minimum absolute atomic E-state index is 0.361. The third-order valence-corrected chi connectivity index (χ3v) is 5.30. The molecule has 0 aromatic heterocycles. The summed E-state index contributed by atoms with van der Waals surface area (Å²) in [6, 6.07) is -0.523. The number of hydrogen-bond acceptors (Lipinski definition) is 6. The Morgan fingerprint density at radius 1 is 1.62 bits per heavy atom. The summed E-state index contributed by atoms with van der Waals surface area (Å²) in [5.41, 5.74) is 2.05. The standard InChI is InChI=1S/C8H17N3O3S2/c1-6(8(12)10-9)11-3-4-15-5-7(11)16(2,13)14/h6-7H,3-5,9H2,1-2H3,(H,10,12). The Bertz CT molecular complexity index is 358. The van der Waals surface area contributed by atoms with Gasteiger partial charge in [-0.2, -0.15) is 11.8 Å². The predicted octanol–water partition coefficient (Wildman–Crippen LogP) is -1.22. The topological polar surface area (TPSA) is 92.5 Å². The Morgan fingerprint density at radius 2 is 2.25 bits per heavy atom. The number of hydrogen-bond donors (Lipinski definition) is 2. The maximum absolute atomic E-state index is 11.6. The molecule has 2 atom stereocenters.